The van der Waals surface area contributed by atoms with E-state index < -0.39 is 0 Å². The minimum Gasteiger partial charge on any atom is -0.393 e. The topological polar surface area (TPSA) is 66.6 Å². The first-order chi connectivity index (χ1) is 9.54. The number of likely N-dealkylation sites (tertiary alicyclic amines) is 1. The monoisotopic (exact) mass is 296 g/mol. The summed E-state index contributed by atoms with van der Waals surface area (Å²) in [6.45, 7) is 2.25. The average Bonchev–Trinajstić information content (AvgIpc) is 2.92. The smallest absolute Gasteiger partial charge is 0.273 e. The molecule has 1 saturated carbocycles. The van der Waals surface area contributed by atoms with Crippen molar-refractivity contribution in [1.29, 1.82) is 0 Å². The number of rotatable bonds is 3. The molecule has 0 bridgehead atoms. The predicted molar refractivity (Wildman–Crippen MR) is 75.6 cm³/mol. The van der Waals surface area contributed by atoms with E-state index in [1.807, 2.05) is 0 Å². The third-order valence-corrected chi connectivity index (χ3v) is 4.76. The van der Waals surface area contributed by atoms with Crippen LogP contribution in [0, 0.1) is 22.0 Å². The second-order valence-corrected chi connectivity index (χ2v) is 6.23. The Morgan fingerprint density at radius 2 is 2.20 bits per heavy atom. The number of hydrogen-bond donors (Lipinski definition) is 1. The molecule has 1 saturated heterocycles. The molecule has 20 heavy (non-hydrogen) atoms. The van der Waals surface area contributed by atoms with Crippen LogP contribution in [-0.2, 0) is 6.54 Å². The standard InChI is InChI=1S/C14H17ClN2O3/c15-11-2-3-13(17(19)20)10(5-11)7-16-6-9-1-4-14(18)12(9)8-16/h2-3,5,9,12,14,18H,1,4,6-8H2. The fraction of sp³-hybridized carbons (Fsp3) is 0.571. The molecule has 0 spiro atoms. The van der Waals surface area contributed by atoms with E-state index in [2.05, 4.69) is 4.90 Å². The van der Waals surface area contributed by atoms with Crippen molar-refractivity contribution in [2.45, 2.75) is 25.5 Å². The number of aliphatic hydroxyl groups is 1. The fourth-order valence-electron chi connectivity index (χ4n) is 3.56. The maximum absolute atomic E-state index is 11.1. The molecule has 1 heterocycles. The Morgan fingerprint density at radius 3 is 2.90 bits per heavy atom. The zero-order valence-electron chi connectivity index (χ0n) is 11.0. The quantitative estimate of drug-likeness (QED) is 0.687. The predicted octanol–water partition coefficient (Wildman–Crippen LogP) is 2.45. The summed E-state index contributed by atoms with van der Waals surface area (Å²) in [6.07, 6.45) is 1.74. The van der Waals surface area contributed by atoms with E-state index in [0.717, 1.165) is 25.9 Å². The average molecular weight is 297 g/mol. The first kappa shape index (κ1) is 13.8. The molecular weight excluding hydrogens is 280 g/mol. The van der Waals surface area contributed by atoms with Gasteiger partial charge in [-0.1, -0.05) is 11.6 Å². The molecule has 1 aromatic rings. The Kier molecular flexibility index (Phi) is 3.67. The van der Waals surface area contributed by atoms with Crippen LogP contribution in [0.1, 0.15) is 18.4 Å². The number of aliphatic hydroxyl groups excluding tert-OH is 1. The lowest BCUT2D eigenvalue weighted by Gasteiger charge is -2.18. The van der Waals surface area contributed by atoms with Gasteiger partial charge in [0.1, 0.15) is 0 Å². The summed E-state index contributed by atoms with van der Waals surface area (Å²) < 4.78 is 0. The molecule has 1 aliphatic heterocycles. The van der Waals surface area contributed by atoms with E-state index in [-0.39, 0.29) is 16.7 Å². The normalized spacial score (nSPS) is 29.6. The van der Waals surface area contributed by atoms with Crippen LogP contribution in [0.4, 0.5) is 5.69 Å². The number of benzene rings is 1. The van der Waals surface area contributed by atoms with Gasteiger partial charge in [-0.2, -0.15) is 0 Å². The van der Waals surface area contributed by atoms with Crippen molar-refractivity contribution in [3.8, 4) is 0 Å². The molecule has 5 nitrogen and oxygen atoms in total. The van der Waals surface area contributed by atoms with Gasteiger partial charge < -0.3 is 5.11 Å². The van der Waals surface area contributed by atoms with E-state index >= 15 is 0 Å². The number of nitrogens with zero attached hydrogens (tertiary/aromatic N) is 2. The molecular formula is C14H17ClN2O3. The number of hydrogen-bond acceptors (Lipinski definition) is 4. The highest BCUT2D eigenvalue weighted by molar-refractivity contribution is 6.30. The maximum Gasteiger partial charge on any atom is 0.273 e. The molecule has 3 unspecified atom stereocenters. The van der Waals surface area contributed by atoms with Crippen LogP contribution < -0.4 is 0 Å². The van der Waals surface area contributed by atoms with Gasteiger partial charge in [-0.05, 0) is 30.9 Å². The summed E-state index contributed by atoms with van der Waals surface area (Å²) in [5.41, 5.74) is 0.768. The van der Waals surface area contributed by atoms with Crippen molar-refractivity contribution in [2.24, 2.45) is 11.8 Å². The Balaban J connectivity index is 1.76. The lowest BCUT2D eigenvalue weighted by atomic mass is 10.00. The van der Waals surface area contributed by atoms with Crippen LogP contribution in [0.25, 0.3) is 0 Å². The van der Waals surface area contributed by atoms with Gasteiger partial charge in [0.05, 0.1) is 11.0 Å². The van der Waals surface area contributed by atoms with Crippen LogP contribution >= 0.6 is 11.6 Å². The lowest BCUT2D eigenvalue weighted by molar-refractivity contribution is -0.385. The minimum absolute atomic E-state index is 0.118. The molecule has 108 valence electrons. The Morgan fingerprint density at radius 1 is 1.40 bits per heavy atom. The summed E-state index contributed by atoms with van der Waals surface area (Å²) in [6, 6.07) is 4.68. The summed E-state index contributed by atoms with van der Waals surface area (Å²) >= 11 is 5.94. The van der Waals surface area contributed by atoms with Crippen molar-refractivity contribution < 1.29 is 10.0 Å². The van der Waals surface area contributed by atoms with Gasteiger partial charge in [0.25, 0.3) is 5.69 Å². The summed E-state index contributed by atoms with van der Waals surface area (Å²) in [7, 11) is 0. The SMILES string of the molecule is O=[N+]([O-])c1ccc(Cl)cc1CN1CC2CCC(O)C2C1. The zero-order valence-corrected chi connectivity index (χ0v) is 11.8. The van der Waals surface area contributed by atoms with Gasteiger partial charge in [0, 0.05) is 42.2 Å². The van der Waals surface area contributed by atoms with Crippen LogP contribution in [-0.4, -0.2) is 34.1 Å². The van der Waals surface area contributed by atoms with Crippen LogP contribution in [0.15, 0.2) is 18.2 Å². The molecule has 1 N–H and O–H groups in total. The highest BCUT2D eigenvalue weighted by atomic mass is 35.5. The second kappa shape index (κ2) is 5.31. The van der Waals surface area contributed by atoms with Crippen LogP contribution in [0.3, 0.4) is 0 Å². The van der Waals surface area contributed by atoms with Crippen molar-refractivity contribution in [3.05, 3.63) is 38.9 Å². The van der Waals surface area contributed by atoms with Gasteiger partial charge in [-0.25, -0.2) is 0 Å². The van der Waals surface area contributed by atoms with Gasteiger partial charge >= 0.3 is 0 Å². The summed E-state index contributed by atoms with van der Waals surface area (Å²) in [4.78, 5) is 12.9. The summed E-state index contributed by atoms with van der Waals surface area (Å²) in [5, 5.41) is 21.5. The fourth-order valence-corrected chi connectivity index (χ4v) is 3.75. The molecule has 3 rings (SSSR count). The molecule has 0 radical (unpaired) electrons. The van der Waals surface area contributed by atoms with Gasteiger partial charge in [0.2, 0.25) is 0 Å². The van der Waals surface area contributed by atoms with E-state index in [4.69, 9.17) is 11.6 Å². The molecule has 6 heteroatoms. The Hall–Kier alpha value is -1.17. The molecule has 3 atom stereocenters. The van der Waals surface area contributed by atoms with Crippen molar-refractivity contribution >= 4 is 17.3 Å². The number of nitro benzene ring substituents is 1. The molecule has 0 amide bonds. The summed E-state index contributed by atoms with van der Waals surface area (Å²) in [5.74, 6) is 0.858. The van der Waals surface area contributed by atoms with Gasteiger partial charge in [-0.3, -0.25) is 15.0 Å². The Bertz CT molecular complexity index is 537. The van der Waals surface area contributed by atoms with E-state index in [1.54, 1.807) is 12.1 Å². The number of fused-ring (bicyclic) bond motifs is 1. The third-order valence-electron chi connectivity index (χ3n) is 4.53. The first-order valence-electron chi connectivity index (χ1n) is 6.88. The molecule has 1 aliphatic carbocycles. The molecule has 1 aromatic carbocycles. The molecule has 2 fully saturated rings. The first-order valence-corrected chi connectivity index (χ1v) is 7.25. The van der Waals surface area contributed by atoms with Crippen LogP contribution in [0.5, 0.6) is 0 Å². The van der Waals surface area contributed by atoms with Crippen molar-refractivity contribution in [2.75, 3.05) is 13.1 Å². The van der Waals surface area contributed by atoms with E-state index in [1.165, 1.54) is 6.07 Å². The second-order valence-electron chi connectivity index (χ2n) is 5.79. The lowest BCUT2D eigenvalue weighted by Crippen LogP contribution is -2.24. The van der Waals surface area contributed by atoms with E-state index in [9.17, 15) is 15.2 Å². The number of nitro groups is 1. The van der Waals surface area contributed by atoms with Gasteiger partial charge in [0.15, 0.2) is 0 Å². The Labute approximate surface area is 122 Å². The number of halogens is 1. The minimum atomic E-state index is -0.364. The molecule has 0 aromatic heterocycles. The largest absolute Gasteiger partial charge is 0.393 e. The highest BCUT2D eigenvalue weighted by Crippen LogP contribution is 2.39. The van der Waals surface area contributed by atoms with Crippen molar-refractivity contribution in [3.63, 3.8) is 0 Å². The van der Waals surface area contributed by atoms with E-state index in [0.29, 0.717) is 29.0 Å². The van der Waals surface area contributed by atoms with Crippen molar-refractivity contribution in [1.82, 2.24) is 4.90 Å². The molecule has 2 aliphatic rings. The highest BCUT2D eigenvalue weighted by Gasteiger charge is 2.41. The van der Waals surface area contributed by atoms with Gasteiger partial charge in [-0.15, -0.1) is 0 Å². The third kappa shape index (κ3) is 2.53. The zero-order chi connectivity index (χ0) is 14.3. The maximum atomic E-state index is 11.1. The van der Waals surface area contributed by atoms with Crippen LogP contribution in [0.2, 0.25) is 5.02 Å².